The van der Waals surface area contributed by atoms with Crippen LogP contribution in [0.1, 0.15) is 57.7 Å². The van der Waals surface area contributed by atoms with Crippen LogP contribution in [0.15, 0.2) is 0 Å². The molecule has 0 spiro atoms. The van der Waals surface area contributed by atoms with Crippen LogP contribution in [-0.4, -0.2) is 31.3 Å². The maximum absolute atomic E-state index is 11.4. The molecular formula is C11H18N4O2. The molecule has 1 aliphatic rings. The summed E-state index contributed by atoms with van der Waals surface area (Å²) < 4.78 is 1.55. The molecule has 0 unspecified atom stereocenters. The van der Waals surface area contributed by atoms with E-state index < -0.39 is 11.5 Å². The molecule has 1 N–H and O–H groups in total. The van der Waals surface area contributed by atoms with Gasteiger partial charge in [-0.25, -0.2) is 9.48 Å². The molecular weight excluding hydrogens is 220 g/mol. The zero-order chi connectivity index (χ0) is 12.5. The van der Waals surface area contributed by atoms with Crippen molar-refractivity contribution in [2.45, 2.75) is 57.4 Å². The number of carbonyl (C=O) groups is 1. The van der Waals surface area contributed by atoms with Gasteiger partial charge in [-0.3, -0.25) is 0 Å². The number of aromatic nitrogens is 4. The highest BCUT2D eigenvalue weighted by atomic mass is 16.4. The molecule has 0 aliphatic heterocycles. The number of hydrogen-bond acceptors (Lipinski definition) is 4. The summed E-state index contributed by atoms with van der Waals surface area (Å²) in [6.45, 7) is 4.14. The molecule has 94 valence electrons. The summed E-state index contributed by atoms with van der Waals surface area (Å²) in [6.07, 6.45) is 4.02. The van der Waals surface area contributed by atoms with Gasteiger partial charge in [-0.2, -0.15) is 0 Å². The first-order valence-electron chi connectivity index (χ1n) is 6.18. The van der Waals surface area contributed by atoms with Crippen LogP contribution in [0.3, 0.4) is 0 Å². The van der Waals surface area contributed by atoms with Crippen LogP contribution in [0.4, 0.5) is 0 Å². The Kier molecular flexibility index (Phi) is 3.13. The van der Waals surface area contributed by atoms with Crippen molar-refractivity contribution in [3.8, 4) is 0 Å². The number of aliphatic carboxylic acids is 1. The van der Waals surface area contributed by atoms with Crippen LogP contribution in [0, 0.1) is 0 Å². The summed E-state index contributed by atoms with van der Waals surface area (Å²) in [4.78, 5) is 11.4. The maximum atomic E-state index is 11.4. The molecule has 0 bridgehead atoms. The number of carboxylic acid groups (broad SMARTS) is 1. The number of tetrazole rings is 1. The largest absolute Gasteiger partial charge is 0.479 e. The Morgan fingerprint density at radius 3 is 2.53 bits per heavy atom. The Balaban J connectivity index is 2.39. The highest BCUT2D eigenvalue weighted by molar-refractivity contribution is 5.77. The summed E-state index contributed by atoms with van der Waals surface area (Å²) >= 11 is 0. The molecule has 1 saturated carbocycles. The third-order valence-electron chi connectivity index (χ3n) is 3.83. The predicted molar refractivity (Wildman–Crippen MR) is 60.6 cm³/mol. The molecule has 6 heteroatoms. The Morgan fingerprint density at radius 1 is 1.47 bits per heavy atom. The summed E-state index contributed by atoms with van der Waals surface area (Å²) in [6, 6.07) is 0. The SMILES string of the molecule is CCC(CC)c1nnnn1C1(C(=O)O)CCC1. The molecule has 0 saturated heterocycles. The molecule has 0 amide bonds. The number of hydrogen-bond donors (Lipinski definition) is 1. The van der Waals surface area contributed by atoms with E-state index in [-0.39, 0.29) is 5.92 Å². The highest BCUT2D eigenvalue weighted by Crippen LogP contribution is 2.40. The van der Waals surface area contributed by atoms with E-state index in [2.05, 4.69) is 29.4 Å². The van der Waals surface area contributed by atoms with E-state index in [1.54, 1.807) is 4.68 Å². The summed E-state index contributed by atoms with van der Waals surface area (Å²) in [7, 11) is 0. The molecule has 2 rings (SSSR count). The van der Waals surface area contributed by atoms with Crippen LogP contribution in [0.5, 0.6) is 0 Å². The molecule has 0 atom stereocenters. The third-order valence-corrected chi connectivity index (χ3v) is 3.83. The lowest BCUT2D eigenvalue weighted by Crippen LogP contribution is -2.49. The lowest BCUT2D eigenvalue weighted by Gasteiger charge is -2.38. The minimum atomic E-state index is -0.887. The van der Waals surface area contributed by atoms with Gasteiger partial charge in [-0.15, -0.1) is 5.10 Å². The standard InChI is InChI=1S/C11H18N4O2/c1-3-8(4-2)9-12-13-14-15(9)11(10(16)17)6-5-7-11/h8H,3-7H2,1-2H3,(H,16,17). The highest BCUT2D eigenvalue weighted by Gasteiger charge is 2.49. The average molecular weight is 238 g/mol. The van der Waals surface area contributed by atoms with Crippen molar-refractivity contribution in [3.05, 3.63) is 5.82 Å². The van der Waals surface area contributed by atoms with Crippen LogP contribution in [-0.2, 0) is 10.3 Å². The van der Waals surface area contributed by atoms with Gasteiger partial charge >= 0.3 is 5.97 Å². The first-order chi connectivity index (χ1) is 8.15. The molecule has 1 aliphatic carbocycles. The van der Waals surface area contributed by atoms with E-state index in [1.165, 1.54) is 0 Å². The average Bonchev–Trinajstić information content (AvgIpc) is 2.67. The molecule has 1 aromatic heterocycles. The Hall–Kier alpha value is -1.46. The first kappa shape index (κ1) is 12.0. The second kappa shape index (κ2) is 4.43. The Bertz CT molecular complexity index is 407. The van der Waals surface area contributed by atoms with E-state index in [9.17, 15) is 9.90 Å². The van der Waals surface area contributed by atoms with Crippen molar-refractivity contribution in [2.75, 3.05) is 0 Å². The lowest BCUT2D eigenvalue weighted by molar-refractivity contribution is -0.153. The second-order valence-electron chi connectivity index (χ2n) is 4.65. The van der Waals surface area contributed by atoms with Gasteiger partial charge in [0.1, 0.15) is 0 Å². The van der Waals surface area contributed by atoms with E-state index >= 15 is 0 Å². The summed E-state index contributed by atoms with van der Waals surface area (Å²) in [5, 5.41) is 21.0. The van der Waals surface area contributed by atoms with Crippen LogP contribution in [0.2, 0.25) is 0 Å². The molecule has 6 nitrogen and oxygen atoms in total. The monoisotopic (exact) mass is 238 g/mol. The van der Waals surface area contributed by atoms with Gasteiger partial charge in [0.15, 0.2) is 11.4 Å². The zero-order valence-electron chi connectivity index (χ0n) is 10.3. The van der Waals surface area contributed by atoms with Gasteiger partial charge in [-0.1, -0.05) is 13.8 Å². The van der Waals surface area contributed by atoms with Crippen molar-refractivity contribution in [1.29, 1.82) is 0 Å². The number of rotatable bonds is 5. The predicted octanol–water partition coefficient (Wildman–Crippen LogP) is 1.54. The smallest absolute Gasteiger partial charge is 0.331 e. The summed E-state index contributed by atoms with van der Waals surface area (Å²) in [5.41, 5.74) is -0.887. The molecule has 1 aromatic rings. The minimum Gasteiger partial charge on any atom is -0.479 e. The van der Waals surface area contributed by atoms with Gasteiger partial charge in [0.25, 0.3) is 0 Å². The molecule has 0 radical (unpaired) electrons. The normalized spacial score (nSPS) is 18.1. The molecule has 17 heavy (non-hydrogen) atoms. The van der Waals surface area contributed by atoms with E-state index in [0.29, 0.717) is 12.8 Å². The quantitative estimate of drug-likeness (QED) is 0.841. The van der Waals surface area contributed by atoms with Gasteiger partial charge in [-0.05, 0) is 42.5 Å². The van der Waals surface area contributed by atoms with Crippen molar-refractivity contribution in [1.82, 2.24) is 20.2 Å². The van der Waals surface area contributed by atoms with Crippen molar-refractivity contribution in [3.63, 3.8) is 0 Å². The second-order valence-corrected chi connectivity index (χ2v) is 4.65. The Morgan fingerprint density at radius 2 is 2.12 bits per heavy atom. The van der Waals surface area contributed by atoms with Crippen LogP contribution < -0.4 is 0 Å². The third kappa shape index (κ3) is 1.71. The summed E-state index contributed by atoms with van der Waals surface area (Å²) in [5.74, 6) is 0.141. The maximum Gasteiger partial charge on any atom is 0.331 e. The zero-order valence-corrected chi connectivity index (χ0v) is 10.3. The van der Waals surface area contributed by atoms with Gasteiger partial charge in [0, 0.05) is 5.92 Å². The van der Waals surface area contributed by atoms with Crippen molar-refractivity contribution < 1.29 is 9.90 Å². The molecule has 1 heterocycles. The van der Waals surface area contributed by atoms with Crippen molar-refractivity contribution >= 4 is 5.97 Å². The fourth-order valence-corrected chi connectivity index (χ4v) is 2.44. The van der Waals surface area contributed by atoms with Crippen LogP contribution >= 0.6 is 0 Å². The van der Waals surface area contributed by atoms with E-state index in [4.69, 9.17) is 0 Å². The lowest BCUT2D eigenvalue weighted by atomic mass is 9.76. The molecule has 0 aromatic carbocycles. The first-order valence-corrected chi connectivity index (χ1v) is 6.18. The Labute approximate surface area is 100 Å². The van der Waals surface area contributed by atoms with E-state index in [0.717, 1.165) is 25.1 Å². The number of nitrogens with zero attached hydrogens (tertiary/aromatic N) is 4. The number of carboxylic acids is 1. The van der Waals surface area contributed by atoms with Gasteiger partial charge in [0.05, 0.1) is 0 Å². The fourth-order valence-electron chi connectivity index (χ4n) is 2.44. The van der Waals surface area contributed by atoms with Gasteiger partial charge in [0.2, 0.25) is 0 Å². The minimum absolute atomic E-state index is 0.238. The van der Waals surface area contributed by atoms with Gasteiger partial charge < -0.3 is 5.11 Å². The fraction of sp³-hybridized carbons (Fsp3) is 0.818. The van der Waals surface area contributed by atoms with E-state index in [1.807, 2.05) is 0 Å². The topological polar surface area (TPSA) is 80.9 Å². The molecule has 1 fully saturated rings. The van der Waals surface area contributed by atoms with Crippen LogP contribution in [0.25, 0.3) is 0 Å². The van der Waals surface area contributed by atoms with Crippen molar-refractivity contribution in [2.24, 2.45) is 0 Å².